The second-order valence-electron chi connectivity index (χ2n) is 5.38. The van der Waals surface area contributed by atoms with Gasteiger partial charge in [-0.15, -0.1) is 0 Å². The molecule has 0 amide bonds. The van der Waals surface area contributed by atoms with Gasteiger partial charge >= 0.3 is 0 Å². The predicted octanol–water partition coefficient (Wildman–Crippen LogP) is 3.38. The van der Waals surface area contributed by atoms with Crippen molar-refractivity contribution in [2.75, 3.05) is 7.11 Å². The number of ether oxygens (including phenoxy) is 1. The van der Waals surface area contributed by atoms with E-state index >= 15 is 0 Å². The lowest BCUT2D eigenvalue weighted by Crippen LogP contribution is -2.26. The van der Waals surface area contributed by atoms with Crippen LogP contribution in [-0.2, 0) is 4.74 Å². The Bertz CT molecular complexity index is 174. The van der Waals surface area contributed by atoms with E-state index in [2.05, 4.69) is 13.8 Å². The highest BCUT2D eigenvalue weighted by molar-refractivity contribution is 4.77. The molecule has 2 nitrogen and oxygen atoms in total. The highest BCUT2D eigenvalue weighted by Crippen LogP contribution is 2.33. The number of hydrogen-bond acceptors (Lipinski definition) is 2. The molecule has 1 aliphatic carbocycles. The van der Waals surface area contributed by atoms with Crippen LogP contribution in [0.15, 0.2) is 0 Å². The van der Waals surface area contributed by atoms with Crippen molar-refractivity contribution in [1.29, 1.82) is 0 Å². The van der Waals surface area contributed by atoms with E-state index in [0.717, 1.165) is 18.8 Å². The van der Waals surface area contributed by atoms with Gasteiger partial charge in [-0.3, -0.25) is 0 Å². The topological polar surface area (TPSA) is 29.5 Å². The standard InChI is InChI=1S/C14H28O2/c1-4-12-6-8-13(9-7-12)14(15)10-5-11(2)16-3/h11-15H,4-10H2,1-3H3. The quantitative estimate of drug-likeness (QED) is 0.755. The summed E-state index contributed by atoms with van der Waals surface area (Å²) in [5.74, 6) is 1.47. The fourth-order valence-corrected chi connectivity index (χ4v) is 2.74. The molecule has 0 aromatic heterocycles. The van der Waals surface area contributed by atoms with Crippen LogP contribution in [0, 0.1) is 11.8 Å². The third-order valence-electron chi connectivity index (χ3n) is 4.28. The molecule has 1 rings (SSSR count). The second-order valence-corrected chi connectivity index (χ2v) is 5.38. The van der Waals surface area contributed by atoms with Gasteiger partial charge in [0.05, 0.1) is 12.2 Å². The molecule has 1 fully saturated rings. The third kappa shape index (κ3) is 4.42. The first-order valence-corrected chi connectivity index (χ1v) is 6.88. The molecular weight excluding hydrogens is 200 g/mol. The van der Waals surface area contributed by atoms with Gasteiger partial charge in [-0.25, -0.2) is 0 Å². The summed E-state index contributed by atoms with van der Waals surface area (Å²) in [7, 11) is 1.74. The number of rotatable bonds is 6. The molecule has 0 spiro atoms. The SMILES string of the molecule is CCC1CCC(C(O)CCC(C)OC)CC1. The lowest BCUT2D eigenvalue weighted by atomic mass is 9.77. The Hall–Kier alpha value is -0.0800. The van der Waals surface area contributed by atoms with Crippen LogP contribution < -0.4 is 0 Å². The first kappa shape index (κ1) is 14.0. The number of methoxy groups -OCH3 is 1. The molecular formula is C14H28O2. The van der Waals surface area contributed by atoms with E-state index in [9.17, 15) is 5.11 Å². The van der Waals surface area contributed by atoms with Crippen molar-refractivity contribution < 1.29 is 9.84 Å². The van der Waals surface area contributed by atoms with Crippen LogP contribution in [0.25, 0.3) is 0 Å². The largest absolute Gasteiger partial charge is 0.393 e. The molecule has 0 heterocycles. The van der Waals surface area contributed by atoms with E-state index in [0.29, 0.717) is 5.92 Å². The fourth-order valence-electron chi connectivity index (χ4n) is 2.74. The first-order chi connectivity index (χ1) is 7.67. The fraction of sp³-hybridized carbons (Fsp3) is 1.00. The molecule has 0 aromatic carbocycles. The first-order valence-electron chi connectivity index (χ1n) is 6.88. The Morgan fingerprint density at radius 1 is 1.19 bits per heavy atom. The van der Waals surface area contributed by atoms with E-state index < -0.39 is 0 Å². The maximum Gasteiger partial charge on any atom is 0.0569 e. The number of aliphatic hydroxyl groups is 1. The molecule has 2 heteroatoms. The van der Waals surface area contributed by atoms with Gasteiger partial charge in [0, 0.05) is 7.11 Å². The molecule has 2 atom stereocenters. The number of hydrogen-bond donors (Lipinski definition) is 1. The van der Waals surface area contributed by atoms with Crippen molar-refractivity contribution >= 4 is 0 Å². The monoisotopic (exact) mass is 228 g/mol. The Morgan fingerprint density at radius 3 is 2.31 bits per heavy atom. The van der Waals surface area contributed by atoms with Crippen molar-refractivity contribution in [2.24, 2.45) is 11.8 Å². The lowest BCUT2D eigenvalue weighted by Gasteiger charge is -2.31. The second kappa shape index (κ2) is 7.29. The van der Waals surface area contributed by atoms with E-state index in [-0.39, 0.29) is 12.2 Å². The van der Waals surface area contributed by atoms with Crippen LogP contribution in [0.5, 0.6) is 0 Å². The summed E-state index contributed by atoms with van der Waals surface area (Å²) in [5.41, 5.74) is 0. The van der Waals surface area contributed by atoms with Crippen LogP contribution in [0.4, 0.5) is 0 Å². The molecule has 0 aliphatic heterocycles. The van der Waals surface area contributed by atoms with E-state index in [1.54, 1.807) is 7.11 Å². The Balaban J connectivity index is 2.20. The summed E-state index contributed by atoms with van der Waals surface area (Å²) >= 11 is 0. The summed E-state index contributed by atoms with van der Waals surface area (Å²) in [6.45, 7) is 4.35. The van der Waals surface area contributed by atoms with Crippen LogP contribution in [-0.4, -0.2) is 24.4 Å². The average Bonchev–Trinajstić information content (AvgIpc) is 2.35. The van der Waals surface area contributed by atoms with E-state index in [4.69, 9.17) is 4.74 Å². The summed E-state index contributed by atoms with van der Waals surface area (Å²) < 4.78 is 5.21. The van der Waals surface area contributed by atoms with E-state index in [1.165, 1.54) is 32.1 Å². The van der Waals surface area contributed by atoms with Crippen molar-refractivity contribution in [2.45, 2.75) is 71.0 Å². The molecule has 0 aromatic rings. The Kier molecular flexibility index (Phi) is 6.37. The lowest BCUT2D eigenvalue weighted by molar-refractivity contribution is 0.0425. The van der Waals surface area contributed by atoms with Crippen molar-refractivity contribution in [3.8, 4) is 0 Å². The van der Waals surface area contributed by atoms with Crippen molar-refractivity contribution in [1.82, 2.24) is 0 Å². The zero-order valence-electron chi connectivity index (χ0n) is 11.1. The maximum atomic E-state index is 10.1. The smallest absolute Gasteiger partial charge is 0.0569 e. The summed E-state index contributed by atoms with van der Waals surface area (Å²) in [6.07, 6.45) is 8.45. The van der Waals surface area contributed by atoms with Gasteiger partial charge in [0.1, 0.15) is 0 Å². The van der Waals surface area contributed by atoms with Crippen LogP contribution >= 0.6 is 0 Å². The van der Waals surface area contributed by atoms with Crippen molar-refractivity contribution in [3.63, 3.8) is 0 Å². The third-order valence-corrected chi connectivity index (χ3v) is 4.28. The maximum absolute atomic E-state index is 10.1. The minimum absolute atomic E-state index is 0.101. The molecule has 2 unspecified atom stereocenters. The van der Waals surface area contributed by atoms with Crippen molar-refractivity contribution in [3.05, 3.63) is 0 Å². The Labute approximate surface area is 100 Å². The molecule has 1 saturated carbocycles. The van der Waals surface area contributed by atoms with Gasteiger partial charge in [-0.2, -0.15) is 0 Å². The van der Waals surface area contributed by atoms with Gasteiger partial charge in [0.2, 0.25) is 0 Å². The normalized spacial score (nSPS) is 30.0. The van der Waals surface area contributed by atoms with Gasteiger partial charge in [-0.1, -0.05) is 26.2 Å². The summed E-state index contributed by atoms with van der Waals surface area (Å²) in [5, 5.41) is 10.1. The summed E-state index contributed by atoms with van der Waals surface area (Å²) in [4.78, 5) is 0. The highest BCUT2D eigenvalue weighted by Gasteiger charge is 2.25. The van der Waals surface area contributed by atoms with Gasteiger partial charge < -0.3 is 9.84 Å². The molecule has 96 valence electrons. The van der Waals surface area contributed by atoms with Gasteiger partial charge in [0.25, 0.3) is 0 Å². The van der Waals surface area contributed by atoms with Gasteiger partial charge in [-0.05, 0) is 44.4 Å². The zero-order chi connectivity index (χ0) is 12.0. The molecule has 0 bridgehead atoms. The molecule has 0 saturated heterocycles. The minimum Gasteiger partial charge on any atom is -0.393 e. The van der Waals surface area contributed by atoms with E-state index in [1.807, 2.05) is 0 Å². The van der Waals surface area contributed by atoms with Crippen LogP contribution in [0.3, 0.4) is 0 Å². The molecule has 1 N–H and O–H groups in total. The zero-order valence-corrected chi connectivity index (χ0v) is 11.1. The summed E-state index contributed by atoms with van der Waals surface area (Å²) in [6, 6.07) is 0. The molecule has 16 heavy (non-hydrogen) atoms. The molecule has 1 aliphatic rings. The molecule has 0 radical (unpaired) electrons. The average molecular weight is 228 g/mol. The Morgan fingerprint density at radius 2 is 1.81 bits per heavy atom. The van der Waals surface area contributed by atoms with Gasteiger partial charge in [0.15, 0.2) is 0 Å². The minimum atomic E-state index is -0.101. The van der Waals surface area contributed by atoms with Crippen LogP contribution in [0.1, 0.15) is 58.8 Å². The number of aliphatic hydroxyl groups excluding tert-OH is 1. The predicted molar refractivity (Wildman–Crippen MR) is 67.5 cm³/mol. The van der Waals surface area contributed by atoms with Crippen LogP contribution in [0.2, 0.25) is 0 Å². The highest BCUT2D eigenvalue weighted by atomic mass is 16.5.